The van der Waals surface area contributed by atoms with Gasteiger partial charge in [-0.25, -0.2) is 4.79 Å². The maximum absolute atomic E-state index is 12.6. The standard InChI is InChI=1S/C34H60N2O8/c1-23(5-8-30(39)35-13-16-42-19-20-43-17-14-36-32(40)41-4)26-6-7-27-31-28(10-12-34(26,27)3)33(2)11-9-25(44-18-15-37)21-24(33)22-29(31)38/h23-29,31,37-38H,5-22H2,1-4H3,(H,35,39)(H,36,40)/t23-,24?,25?,26?,27?,28?,29?,31?,33?,34?/m1/s1. The van der Waals surface area contributed by atoms with Crippen LogP contribution in [0.2, 0.25) is 0 Å². The zero-order valence-electron chi connectivity index (χ0n) is 27.7. The van der Waals surface area contributed by atoms with Crippen LogP contribution < -0.4 is 10.6 Å². The van der Waals surface area contributed by atoms with Gasteiger partial charge in [0.15, 0.2) is 0 Å². The van der Waals surface area contributed by atoms with E-state index in [2.05, 4.69) is 36.1 Å². The lowest BCUT2D eigenvalue weighted by Crippen LogP contribution is -2.58. The van der Waals surface area contributed by atoms with Gasteiger partial charge in [0.2, 0.25) is 5.91 Å². The molecule has 4 aliphatic carbocycles. The molecule has 0 aromatic carbocycles. The van der Waals surface area contributed by atoms with Gasteiger partial charge in [-0.05, 0) is 104 Å². The molecule has 10 heteroatoms. The Labute approximate surface area is 264 Å². The van der Waals surface area contributed by atoms with Gasteiger partial charge in [-0.15, -0.1) is 0 Å². The van der Waals surface area contributed by atoms with E-state index in [4.69, 9.17) is 14.2 Å². The van der Waals surface area contributed by atoms with Crippen LogP contribution in [0.1, 0.15) is 85.0 Å². The molecule has 0 bridgehead atoms. The summed E-state index contributed by atoms with van der Waals surface area (Å²) < 4.78 is 21.4. The van der Waals surface area contributed by atoms with E-state index in [-0.39, 0.29) is 35.6 Å². The van der Waals surface area contributed by atoms with E-state index in [9.17, 15) is 19.8 Å². The highest BCUT2D eigenvalue weighted by Crippen LogP contribution is 2.68. The monoisotopic (exact) mass is 624 g/mol. The maximum atomic E-state index is 12.6. The second-order valence-electron chi connectivity index (χ2n) is 14.5. The van der Waals surface area contributed by atoms with E-state index in [0.717, 1.165) is 32.1 Å². The number of nitrogens with one attached hydrogen (secondary N) is 2. The molecule has 4 rings (SSSR count). The Morgan fingerprint density at radius 2 is 1.57 bits per heavy atom. The molecule has 10 nitrogen and oxygen atoms in total. The summed E-state index contributed by atoms with van der Waals surface area (Å²) in [5.41, 5.74) is 0.500. The fourth-order valence-electron chi connectivity index (χ4n) is 10.1. The predicted octanol–water partition coefficient (Wildman–Crippen LogP) is 3.92. The van der Waals surface area contributed by atoms with E-state index in [0.29, 0.717) is 88.1 Å². The van der Waals surface area contributed by atoms with Crippen molar-refractivity contribution in [2.24, 2.45) is 46.3 Å². The van der Waals surface area contributed by atoms with Crippen molar-refractivity contribution in [3.05, 3.63) is 0 Å². The van der Waals surface area contributed by atoms with Crippen LogP contribution in [-0.4, -0.2) is 94.3 Å². The van der Waals surface area contributed by atoms with Crippen molar-refractivity contribution in [3.63, 3.8) is 0 Å². The number of methoxy groups -OCH3 is 1. The molecule has 0 saturated heterocycles. The molecule has 9 unspecified atom stereocenters. The summed E-state index contributed by atoms with van der Waals surface area (Å²) in [6, 6.07) is 0. The average Bonchev–Trinajstić information content (AvgIpc) is 3.37. The van der Waals surface area contributed by atoms with Crippen LogP contribution in [0.5, 0.6) is 0 Å². The maximum Gasteiger partial charge on any atom is 0.406 e. The third-order valence-corrected chi connectivity index (χ3v) is 12.3. The zero-order valence-corrected chi connectivity index (χ0v) is 27.7. The summed E-state index contributed by atoms with van der Waals surface area (Å²) in [4.78, 5) is 23.6. The fourth-order valence-corrected chi connectivity index (χ4v) is 10.1. The van der Waals surface area contributed by atoms with Crippen molar-refractivity contribution in [1.29, 1.82) is 0 Å². The second-order valence-corrected chi connectivity index (χ2v) is 14.5. The van der Waals surface area contributed by atoms with Crippen LogP contribution in [0, 0.1) is 46.3 Å². The smallest absolute Gasteiger partial charge is 0.406 e. The normalized spacial score (nSPS) is 36.9. The zero-order chi connectivity index (χ0) is 31.7. The Hall–Kier alpha value is -1.46. The SMILES string of the molecule is COC(=O)NCCOCCOCCNC(=O)CC[C@@H](C)C1CCC2C3C(O)CC4CC(OCCO)CCC4(C)C3CCC21C. The van der Waals surface area contributed by atoms with Crippen molar-refractivity contribution in [1.82, 2.24) is 10.6 Å². The largest absolute Gasteiger partial charge is 0.453 e. The lowest BCUT2D eigenvalue weighted by atomic mass is 9.43. The number of aliphatic hydroxyl groups is 2. The summed E-state index contributed by atoms with van der Waals surface area (Å²) >= 11 is 0. The van der Waals surface area contributed by atoms with E-state index < -0.39 is 6.09 Å². The number of alkyl carbamates (subject to hydrolysis) is 1. The van der Waals surface area contributed by atoms with Gasteiger partial charge in [-0.1, -0.05) is 20.8 Å². The molecule has 0 aromatic heterocycles. The average molecular weight is 625 g/mol. The fraction of sp³-hybridized carbons (Fsp3) is 0.941. The van der Waals surface area contributed by atoms with Gasteiger partial charge in [0, 0.05) is 19.5 Å². The van der Waals surface area contributed by atoms with E-state index in [1.165, 1.54) is 32.8 Å². The number of hydrogen-bond donors (Lipinski definition) is 4. The number of aliphatic hydroxyl groups excluding tert-OH is 2. The Balaban J connectivity index is 1.17. The van der Waals surface area contributed by atoms with Gasteiger partial charge < -0.3 is 39.8 Å². The van der Waals surface area contributed by atoms with Gasteiger partial charge in [-0.2, -0.15) is 0 Å². The van der Waals surface area contributed by atoms with Crippen molar-refractivity contribution < 1.29 is 38.7 Å². The van der Waals surface area contributed by atoms with Crippen molar-refractivity contribution in [3.8, 4) is 0 Å². The lowest BCUT2D eigenvalue weighted by molar-refractivity contribution is -0.178. The molecule has 4 aliphatic rings. The Kier molecular flexibility index (Phi) is 13.2. The molecule has 4 fully saturated rings. The van der Waals surface area contributed by atoms with Gasteiger partial charge in [0.1, 0.15) is 0 Å². The Morgan fingerprint density at radius 3 is 2.27 bits per heavy atom. The highest BCUT2D eigenvalue weighted by molar-refractivity contribution is 5.75. The molecule has 0 aliphatic heterocycles. The molecule has 2 amide bonds. The van der Waals surface area contributed by atoms with Gasteiger partial charge >= 0.3 is 6.09 Å². The summed E-state index contributed by atoms with van der Waals surface area (Å²) in [6.07, 6.45) is 9.86. The minimum atomic E-state index is -0.476. The number of hydrogen-bond acceptors (Lipinski definition) is 8. The number of amides is 2. The first-order valence-electron chi connectivity index (χ1n) is 17.3. The predicted molar refractivity (Wildman–Crippen MR) is 167 cm³/mol. The third kappa shape index (κ3) is 8.27. The highest BCUT2D eigenvalue weighted by Gasteiger charge is 2.62. The van der Waals surface area contributed by atoms with Crippen molar-refractivity contribution in [2.45, 2.75) is 97.2 Å². The van der Waals surface area contributed by atoms with Crippen LogP contribution >= 0.6 is 0 Å². The minimum Gasteiger partial charge on any atom is -0.453 e. The summed E-state index contributed by atoms with van der Waals surface area (Å²) in [5.74, 6) is 3.15. The first-order valence-corrected chi connectivity index (χ1v) is 17.3. The van der Waals surface area contributed by atoms with E-state index >= 15 is 0 Å². The van der Waals surface area contributed by atoms with Crippen molar-refractivity contribution >= 4 is 12.0 Å². The first kappa shape index (κ1) is 35.4. The molecule has 4 saturated carbocycles. The topological polar surface area (TPSA) is 136 Å². The number of ether oxygens (including phenoxy) is 4. The minimum absolute atomic E-state index is 0.0729. The molecule has 0 spiro atoms. The molecule has 0 heterocycles. The van der Waals surface area contributed by atoms with Crippen LogP contribution in [0.25, 0.3) is 0 Å². The van der Waals surface area contributed by atoms with Crippen LogP contribution in [-0.2, 0) is 23.7 Å². The quantitative estimate of drug-likeness (QED) is 0.190. The second kappa shape index (κ2) is 16.4. The molecule has 0 radical (unpaired) electrons. The molecular formula is C34H60N2O8. The molecule has 4 N–H and O–H groups in total. The molecular weight excluding hydrogens is 564 g/mol. The van der Waals surface area contributed by atoms with Gasteiger partial charge in [-0.3, -0.25) is 4.79 Å². The van der Waals surface area contributed by atoms with Crippen molar-refractivity contribution in [2.75, 3.05) is 59.8 Å². The Morgan fingerprint density at radius 1 is 0.886 bits per heavy atom. The van der Waals surface area contributed by atoms with Gasteiger partial charge in [0.25, 0.3) is 0 Å². The summed E-state index contributed by atoms with van der Waals surface area (Å²) in [5, 5.41) is 26.4. The van der Waals surface area contributed by atoms with Crippen LogP contribution in [0.15, 0.2) is 0 Å². The molecule has 44 heavy (non-hydrogen) atoms. The van der Waals surface area contributed by atoms with Crippen LogP contribution in [0.4, 0.5) is 4.79 Å². The number of rotatable bonds is 16. The van der Waals surface area contributed by atoms with E-state index in [1.54, 1.807) is 0 Å². The number of carbonyl (C=O) groups excluding carboxylic acids is 2. The Bertz CT molecular complexity index is 922. The first-order chi connectivity index (χ1) is 21.1. The van der Waals surface area contributed by atoms with Crippen LogP contribution in [0.3, 0.4) is 0 Å². The van der Waals surface area contributed by atoms with Gasteiger partial charge in [0.05, 0.1) is 59.0 Å². The number of carbonyl (C=O) groups is 2. The molecule has 0 aromatic rings. The summed E-state index contributed by atoms with van der Waals surface area (Å²) in [6.45, 7) is 10.4. The summed E-state index contributed by atoms with van der Waals surface area (Å²) in [7, 11) is 1.32. The lowest BCUT2D eigenvalue weighted by Gasteiger charge is -2.62. The molecule has 10 atom stereocenters. The van der Waals surface area contributed by atoms with E-state index in [1.807, 2.05) is 0 Å². The third-order valence-electron chi connectivity index (χ3n) is 12.3. The molecule has 254 valence electrons. The number of fused-ring (bicyclic) bond motifs is 5. The highest BCUT2D eigenvalue weighted by atomic mass is 16.5.